The SMILES string of the molecule is CC(NC(=O)[C@@H]1CC[C@H](C(=O)O)C1)C1CCCCC1. The maximum absolute atomic E-state index is 12.2. The van der Waals surface area contributed by atoms with Crippen molar-refractivity contribution >= 4 is 11.9 Å². The molecular weight excluding hydrogens is 242 g/mol. The maximum atomic E-state index is 12.2. The van der Waals surface area contributed by atoms with Gasteiger partial charge in [0, 0.05) is 12.0 Å². The summed E-state index contributed by atoms with van der Waals surface area (Å²) >= 11 is 0. The summed E-state index contributed by atoms with van der Waals surface area (Å²) in [4.78, 5) is 23.1. The van der Waals surface area contributed by atoms with E-state index in [1.165, 1.54) is 32.1 Å². The van der Waals surface area contributed by atoms with E-state index in [9.17, 15) is 9.59 Å². The van der Waals surface area contributed by atoms with Crippen LogP contribution in [0.4, 0.5) is 0 Å². The smallest absolute Gasteiger partial charge is 0.306 e. The van der Waals surface area contributed by atoms with Gasteiger partial charge in [0.1, 0.15) is 0 Å². The van der Waals surface area contributed by atoms with Gasteiger partial charge >= 0.3 is 5.97 Å². The molecule has 0 heterocycles. The Bertz CT molecular complexity index is 336. The van der Waals surface area contributed by atoms with E-state index in [1.54, 1.807) is 0 Å². The molecule has 19 heavy (non-hydrogen) atoms. The second-order valence-corrected chi connectivity index (χ2v) is 6.24. The zero-order chi connectivity index (χ0) is 13.8. The lowest BCUT2D eigenvalue weighted by Crippen LogP contribution is -2.41. The van der Waals surface area contributed by atoms with Gasteiger partial charge in [-0.05, 0) is 44.9 Å². The van der Waals surface area contributed by atoms with E-state index in [1.807, 2.05) is 0 Å². The number of hydrogen-bond donors (Lipinski definition) is 2. The fourth-order valence-electron chi connectivity index (χ4n) is 3.54. The van der Waals surface area contributed by atoms with Gasteiger partial charge in [-0.1, -0.05) is 19.3 Å². The highest BCUT2D eigenvalue weighted by Gasteiger charge is 2.34. The second kappa shape index (κ2) is 6.40. The minimum atomic E-state index is -0.754. The molecule has 0 radical (unpaired) electrons. The lowest BCUT2D eigenvalue weighted by atomic mass is 9.84. The average molecular weight is 267 g/mol. The minimum Gasteiger partial charge on any atom is -0.481 e. The number of nitrogens with one attached hydrogen (secondary N) is 1. The van der Waals surface area contributed by atoms with E-state index < -0.39 is 5.97 Å². The number of hydrogen-bond acceptors (Lipinski definition) is 2. The summed E-state index contributed by atoms with van der Waals surface area (Å²) in [5, 5.41) is 12.1. The highest BCUT2D eigenvalue weighted by atomic mass is 16.4. The molecule has 2 aliphatic rings. The molecule has 2 fully saturated rings. The quantitative estimate of drug-likeness (QED) is 0.822. The van der Waals surface area contributed by atoms with Crippen LogP contribution in [0.25, 0.3) is 0 Å². The third-order valence-electron chi connectivity index (χ3n) is 4.88. The molecule has 0 spiro atoms. The summed E-state index contributed by atoms with van der Waals surface area (Å²) in [7, 11) is 0. The Morgan fingerprint density at radius 3 is 2.26 bits per heavy atom. The van der Waals surface area contributed by atoms with E-state index in [0.29, 0.717) is 18.8 Å². The first-order valence-electron chi connectivity index (χ1n) is 7.61. The minimum absolute atomic E-state index is 0.0711. The molecule has 1 amide bonds. The van der Waals surface area contributed by atoms with Crippen molar-refractivity contribution in [2.24, 2.45) is 17.8 Å². The van der Waals surface area contributed by atoms with E-state index in [0.717, 1.165) is 6.42 Å². The van der Waals surface area contributed by atoms with Gasteiger partial charge in [-0.2, -0.15) is 0 Å². The first kappa shape index (κ1) is 14.4. The summed E-state index contributed by atoms with van der Waals surface area (Å²) in [6, 6.07) is 0.233. The van der Waals surface area contributed by atoms with Crippen molar-refractivity contribution in [3.05, 3.63) is 0 Å². The normalized spacial score (nSPS) is 29.9. The fourth-order valence-corrected chi connectivity index (χ4v) is 3.54. The van der Waals surface area contributed by atoms with Gasteiger partial charge < -0.3 is 10.4 Å². The molecule has 2 rings (SSSR count). The van der Waals surface area contributed by atoms with Gasteiger partial charge in [-0.3, -0.25) is 9.59 Å². The van der Waals surface area contributed by atoms with Crippen LogP contribution in [0.5, 0.6) is 0 Å². The number of carboxylic acid groups (broad SMARTS) is 1. The Balaban J connectivity index is 1.79. The van der Waals surface area contributed by atoms with Crippen LogP contribution in [0.2, 0.25) is 0 Å². The van der Waals surface area contributed by atoms with Crippen LogP contribution in [0.3, 0.4) is 0 Å². The third-order valence-corrected chi connectivity index (χ3v) is 4.88. The van der Waals surface area contributed by atoms with Crippen LogP contribution < -0.4 is 5.32 Å². The average Bonchev–Trinajstić information content (AvgIpc) is 2.89. The summed E-state index contributed by atoms with van der Waals surface area (Å²) in [6.07, 6.45) is 8.17. The van der Waals surface area contributed by atoms with Gasteiger partial charge in [-0.15, -0.1) is 0 Å². The molecule has 2 saturated carbocycles. The Morgan fingerprint density at radius 1 is 1.05 bits per heavy atom. The molecule has 4 nitrogen and oxygen atoms in total. The monoisotopic (exact) mass is 267 g/mol. The van der Waals surface area contributed by atoms with Gasteiger partial charge in [0.25, 0.3) is 0 Å². The highest BCUT2D eigenvalue weighted by molar-refractivity contribution is 5.81. The van der Waals surface area contributed by atoms with Crippen LogP contribution in [-0.2, 0) is 9.59 Å². The topological polar surface area (TPSA) is 66.4 Å². The number of carboxylic acids is 1. The third kappa shape index (κ3) is 3.71. The maximum Gasteiger partial charge on any atom is 0.306 e. The van der Waals surface area contributed by atoms with Gasteiger partial charge in [0.15, 0.2) is 0 Å². The first-order chi connectivity index (χ1) is 9.08. The van der Waals surface area contributed by atoms with Crippen LogP contribution >= 0.6 is 0 Å². The summed E-state index contributed by atoms with van der Waals surface area (Å²) in [6.45, 7) is 2.09. The molecule has 0 aromatic carbocycles. The number of rotatable bonds is 4. The van der Waals surface area contributed by atoms with Crippen LogP contribution in [-0.4, -0.2) is 23.0 Å². The molecule has 4 heteroatoms. The Labute approximate surface area is 115 Å². The van der Waals surface area contributed by atoms with Crippen LogP contribution in [0.15, 0.2) is 0 Å². The number of amides is 1. The molecule has 0 bridgehead atoms. The fraction of sp³-hybridized carbons (Fsp3) is 0.867. The molecule has 108 valence electrons. The van der Waals surface area contributed by atoms with Crippen molar-refractivity contribution in [2.75, 3.05) is 0 Å². The molecule has 2 aliphatic carbocycles. The molecule has 0 aromatic rings. The molecule has 3 atom stereocenters. The van der Waals surface area contributed by atoms with Crippen molar-refractivity contribution in [2.45, 2.75) is 64.3 Å². The number of carbonyl (C=O) groups excluding carboxylic acids is 1. The second-order valence-electron chi connectivity index (χ2n) is 6.24. The molecule has 1 unspecified atom stereocenters. The predicted molar refractivity (Wildman–Crippen MR) is 72.6 cm³/mol. The van der Waals surface area contributed by atoms with E-state index >= 15 is 0 Å². The largest absolute Gasteiger partial charge is 0.481 e. The Morgan fingerprint density at radius 2 is 1.68 bits per heavy atom. The van der Waals surface area contributed by atoms with Crippen LogP contribution in [0, 0.1) is 17.8 Å². The Hall–Kier alpha value is -1.06. The lowest BCUT2D eigenvalue weighted by Gasteiger charge is -2.29. The molecule has 0 aliphatic heterocycles. The zero-order valence-corrected chi connectivity index (χ0v) is 11.7. The molecule has 0 saturated heterocycles. The van der Waals surface area contributed by atoms with E-state index in [-0.39, 0.29) is 23.8 Å². The lowest BCUT2D eigenvalue weighted by molar-refractivity contribution is -0.141. The number of aliphatic carboxylic acids is 1. The zero-order valence-electron chi connectivity index (χ0n) is 11.7. The van der Waals surface area contributed by atoms with E-state index in [2.05, 4.69) is 12.2 Å². The Kier molecular flexibility index (Phi) is 4.83. The summed E-state index contributed by atoms with van der Waals surface area (Å²) in [5.41, 5.74) is 0. The van der Waals surface area contributed by atoms with Crippen molar-refractivity contribution in [3.8, 4) is 0 Å². The first-order valence-corrected chi connectivity index (χ1v) is 7.61. The molecule has 2 N–H and O–H groups in total. The van der Waals surface area contributed by atoms with E-state index in [4.69, 9.17) is 5.11 Å². The van der Waals surface area contributed by atoms with Gasteiger partial charge in [0.05, 0.1) is 5.92 Å². The summed E-state index contributed by atoms with van der Waals surface area (Å²) in [5.74, 6) is -0.486. The molecular formula is C15H25NO3. The van der Waals surface area contributed by atoms with Crippen LogP contribution in [0.1, 0.15) is 58.3 Å². The molecule has 0 aromatic heterocycles. The van der Waals surface area contributed by atoms with Gasteiger partial charge in [-0.25, -0.2) is 0 Å². The van der Waals surface area contributed by atoms with Crippen molar-refractivity contribution < 1.29 is 14.7 Å². The standard InChI is InChI=1S/C15H25NO3/c1-10(11-5-3-2-4-6-11)16-14(17)12-7-8-13(9-12)15(18)19/h10-13H,2-9H2,1H3,(H,16,17)(H,18,19)/t10?,12-,13+/m1/s1. The summed E-state index contributed by atoms with van der Waals surface area (Å²) < 4.78 is 0. The van der Waals surface area contributed by atoms with Crippen molar-refractivity contribution in [1.82, 2.24) is 5.32 Å². The highest BCUT2D eigenvalue weighted by Crippen LogP contribution is 2.32. The van der Waals surface area contributed by atoms with Gasteiger partial charge in [0.2, 0.25) is 5.91 Å². The van der Waals surface area contributed by atoms with Crippen molar-refractivity contribution in [3.63, 3.8) is 0 Å². The van der Waals surface area contributed by atoms with Crippen molar-refractivity contribution in [1.29, 1.82) is 0 Å². The number of carbonyl (C=O) groups is 2. The predicted octanol–water partition coefficient (Wildman–Crippen LogP) is 2.57.